The zero-order valence-electron chi connectivity index (χ0n) is 12.7. The molecule has 1 unspecified atom stereocenters. The molecule has 1 N–H and O–H groups in total. The summed E-state index contributed by atoms with van der Waals surface area (Å²) in [4.78, 5) is 4.95. The lowest BCUT2D eigenvalue weighted by Crippen LogP contribution is -2.40. The van der Waals surface area contributed by atoms with Crippen molar-refractivity contribution >= 4 is 28.7 Å². The maximum Gasteiger partial charge on any atom is 0.157 e. The van der Waals surface area contributed by atoms with Crippen molar-refractivity contribution in [2.24, 2.45) is 10.4 Å². The second kappa shape index (κ2) is 6.75. The van der Waals surface area contributed by atoms with Crippen LogP contribution in [0.15, 0.2) is 4.99 Å². The molecule has 1 atom stereocenters. The number of hydrogen-bond acceptors (Lipinski definition) is 4. The monoisotopic (exact) mass is 300 g/mol. The van der Waals surface area contributed by atoms with E-state index in [1.807, 2.05) is 23.5 Å². The molecule has 1 heterocycles. The van der Waals surface area contributed by atoms with Crippen molar-refractivity contribution < 1.29 is 0 Å². The number of thioether (sulfide) groups is 2. The molecule has 19 heavy (non-hydrogen) atoms. The third kappa shape index (κ3) is 4.59. The van der Waals surface area contributed by atoms with Gasteiger partial charge in [-0.05, 0) is 43.8 Å². The van der Waals surface area contributed by atoms with E-state index < -0.39 is 0 Å². The molecule has 2 nitrogen and oxygen atoms in total. The van der Waals surface area contributed by atoms with Gasteiger partial charge in [-0.1, -0.05) is 32.5 Å². The van der Waals surface area contributed by atoms with Crippen molar-refractivity contribution in [1.82, 2.24) is 5.32 Å². The van der Waals surface area contributed by atoms with E-state index in [0.717, 1.165) is 5.25 Å². The molecular formula is C15H28N2S2. The summed E-state index contributed by atoms with van der Waals surface area (Å²) in [5.41, 5.74) is 0.296. The Labute approximate surface area is 127 Å². The van der Waals surface area contributed by atoms with Gasteiger partial charge in [0.2, 0.25) is 0 Å². The molecule has 0 saturated heterocycles. The predicted octanol–water partition coefficient (Wildman–Crippen LogP) is 4.16. The summed E-state index contributed by atoms with van der Waals surface area (Å²) in [5, 5.41) is 5.81. The fourth-order valence-electron chi connectivity index (χ4n) is 2.83. The van der Waals surface area contributed by atoms with Gasteiger partial charge in [0.25, 0.3) is 0 Å². The largest absolute Gasteiger partial charge is 0.362 e. The maximum absolute atomic E-state index is 4.95. The van der Waals surface area contributed by atoms with Gasteiger partial charge in [-0.3, -0.25) is 4.99 Å². The van der Waals surface area contributed by atoms with E-state index in [4.69, 9.17) is 4.99 Å². The highest BCUT2D eigenvalue weighted by Gasteiger charge is 2.28. The van der Waals surface area contributed by atoms with Crippen LogP contribution in [0.2, 0.25) is 0 Å². The zero-order valence-corrected chi connectivity index (χ0v) is 14.4. The molecule has 1 aliphatic carbocycles. The van der Waals surface area contributed by atoms with E-state index in [1.54, 1.807) is 0 Å². The summed E-state index contributed by atoms with van der Waals surface area (Å²) < 4.78 is 0. The van der Waals surface area contributed by atoms with Crippen molar-refractivity contribution in [3.05, 3.63) is 0 Å². The molecule has 1 saturated carbocycles. The predicted molar refractivity (Wildman–Crippen MR) is 90.4 cm³/mol. The van der Waals surface area contributed by atoms with Crippen molar-refractivity contribution in [2.45, 2.75) is 70.2 Å². The minimum absolute atomic E-state index is 0.296. The van der Waals surface area contributed by atoms with Crippen LogP contribution in [0.1, 0.15) is 52.9 Å². The summed E-state index contributed by atoms with van der Waals surface area (Å²) in [6.45, 7) is 6.91. The Kier molecular flexibility index (Phi) is 5.53. The first-order valence-corrected chi connectivity index (χ1v) is 9.76. The second-order valence-corrected chi connectivity index (χ2v) is 9.03. The van der Waals surface area contributed by atoms with E-state index in [2.05, 4.69) is 32.3 Å². The van der Waals surface area contributed by atoms with Gasteiger partial charge < -0.3 is 5.32 Å². The molecular weight excluding hydrogens is 272 g/mol. The Morgan fingerprint density at radius 2 is 1.84 bits per heavy atom. The van der Waals surface area contributed by atoms with Crippen LogP contribution in [0.4, 0.5) is 0 Å². The number of amidine groups is 1. The third-order valence-electron chi connectivity index (χ3n) is 4.24. The summed E-state index contributed by atoms with van der Waals surface area (Å²) >= 11 is 3.95. The normalized spacial score (nSPS) is 32.8. The van der Waals surface area contributed by atoms with Crippen LogP contribution in [-0.2, 0) is 0 Å². The zero-order chi connectivity index (χ0) is 13.9. The lowest BCUT2D eigenvalue weighted by atomic mass is 9.85. The molecule has 0 aromatic carbocycles. The Morgan fingerprint density at radius 3 is 2.42 bits per heavy atom. The van der Waals surface area contributed by atoms with Gasteiger partial charge >= 0.3 is 0 Å². The van der Waals surface area contributed by atoms with E-state index in [-0.39, 0.29) is 0 Å². The second-order valence-electron chi connectivity index (χ2n) is 6.81. The molecule has 1 fully saturated rings. The van der Waals surface area contributed by atoms with Crippen LogP contribution in [-0.4, -0.2) is 34.5 Å². The highest BCUT2D eigenvalue weighted by Crippen LogP contribution is 2.31. The summed E-state index contributed by atoms with van der Waals surface area (Å²) in [6, 6.07) is 1.15. The first-order valence-electron chi connectivity index (χ1n) is 7.49. The smallest absolute Gasteiger partial charge is 0.157 e. The molecule has 0 bridgehead atoms. The Hall–Kier alpha value is 0.170. The van der Waals surface area contributed by atoms with E-state index >= 15 is 0 Å². The number of aliphatic imine (C=N–C) groups is 1. The SMILES string of the molecule is CSC1CCC(NC2=NC(C(C)(C)C)CCS2)CC1. The molecule has 2 aliphatic rings. The quantitative estimate of drug-likeness (QED) is 0.829. The van der Waals surface area contributed by atoms with Crippen LogP contribution in [0.25, 0.3) is 0 Å². The molecule has 0 spiro atoms. The van der Waals surface area contributed by atoms with Crippen LogP contribution in [0, 0.1) is 5.41 Å². The van der Waals surface area contributed by atoms with Crippen molar-refractivity contribution in [3.63, 3.8) is 0 Å². The van der Waals surface area contributed by atoms with Gasteiger partial charge in [-0.25, -0.2) is 0 Å². The van der Waals surface area contributed by atoms with Crippen molar-refractivity contribution in [3.8, 4) is 0 Å². The van der Waals surface area contributed by atoms with Gasteiger partial charge in [0, 0.05) is 17.0 Å². The van der Waals surface area contributed by atoms with Crippen LogP contribution in [0.3, 0.4) is 0 Å². The van der Waals surface area contributed by atoms with E-state index in [9.17, 15) is 0 Å². The van der Waals surface area contributed by atoms with E-state index in [1.165, 1.54) is 43.0 Å². The topological polar surface area (TPSA) is 24.4 Å². The highest BCUT2D eigenvalue weighted by atomic mass is 32.2. The van der Waals surface area contributed by atoms with Crippen molar-refractivity contribution in [2.75, 3.05) is 12.0 Å². The molecule has 0 aromatic heterocycles. The fraction of sp³-hybridized carbons (Fsp3) is 0.933. The summed E-state index contributed by atoms with van der Waals surface area (Å²) in [5.74, 6) is 1.22. The van der Waals surface area contributed by atoms with Crippen molar-refractivity contribution in [1.29, 1.82) is 0 Å². The average Bonchev–Trinajstić information content (AvgIpc) is 2.39. The first kappa shape index (κ1) is 15.6. The first-order chi connectivity index (χ1) is 8.99. The van der Waals surface area contributed by atoms with Gasteiger partial charge in [0.05, 0.1) is 6.04 Å². The molecule has 2 rings (SSSR count). The molecule has 110 valence electrons. The molecule has 0 aromatic rings. The highest BCUT2D eigenvalue weighted by molar-refractivity contribution is 8.13. The third-order valence-corrected chi connectivity index (χ3v) is 6.31. The summed E-state index contributed by atoms with van der Waals surface area (Å²) in [6.07, 6.45) is 8.81. The lowest BCUT2D eigenvalue weighted by molar-refractivity contribution is 0.314. The lowest BCUT2D eigenvalue weighted by Gasteiger charge is -2.33. The Morgan fingerprint density at radius 1 is 1.16 bits per heavy atom. The Balaban J connectivity index is 1.87. The number of hydrogen-bond donors (Lipinski definition) is 1. The minimum atomic E-state index is 0.296. The number of nitrogens with zero attached hydrogens (tertiary/aromatic N) is 1. The standard InChI is InChI=1S/C15H28N2S2/c1-15(2,3)13-9-10-19-14(17-13)16-11-5-7-12(18-4)8-6-11/h11-13H,5-10H2,1-4H3,(H,16,17). The fourth-order valence-corrected chi connectivity index (χ4v) is 4.56. The molecule has 4 heteroatoms. The molecule has 0 radical (unpaired) electrons. The summed E-state index contributed by atoms with van der Waals surface area (Å²) in [7, 11) is 0. The van der Waals surface area contributed by atoms with Gasteiger partial charge in [0.1, 0.15) is 0 Å². The number of nitrogens with one attached hydrogen (secondary N) is 1. The Bertz CT molecular complexity index is 315. The minimum Gasteiger partial charge on any atom is -0.362 e. The van der Waals surface area contributed by atoms with Gasteiger partial charge in [-0.15, -0.1) is 0 Å². The van der Waals surface area contributed by atoms with Crippen LogP contribution >= 0.6 is 23.5 Å². The van der Waals surface area contributed by atoms with E-state index in [0.29, 0.717) is 17.5 Å². The van der Waals surface area contributed by atoms with Gasteiger partial charge in [0.15, 0.2) is 5.17 Å². The average molecular weight is 301 g/mol. The van der Waals surface area contributed by atoms with Crippen LogP contribution in [0.5, 0.6) is 0 Å². The number of rotatable bonds is 2. The van der Waals surface area contributed by atoms with Gasteiger partial charge in [-0.2, -0.15) is 11.8 Å². The van der Waals surface area contributed by atoms with Crippen LogP contribution < -0.4 is 5.32 Å². The molecule has 1 aliphatic heterocycles. The molecule has 0 amide bonds. The maximum atomic E-state index is 4.95.